The number of ketones is 1. The van der Waals surface area contributed by atoms with E-state index in [1.807, 2.05) is 49.4 Å². The first-order valence-electron chi connectivity index (χ1n) is 6.33. The standard InChI is InChI=1S/C16H14O3/c1-2-11(17)10-18-12-7-8-16-14(9-12)13-5-3-4-6-15(13)19-16/h3-9H,2,10H2,1H3. The molecule has 0 aliphatic heterocycles. The van der Waals surface area contributed by atoms with Crippen molar-refractivity contribution in [2.24, 2.45) is 0 Å². The molecule has 0 N–H and O–H groups in total. The molecule has 19 heavy (non-hydrogen) atoms. The molecule has 0 saturated heterocycles. The van der Waals surface area contributed by atoms with Crippen LogP contribution in [0.4, 0.5) is 0 Å². The molecule has 3 rings (SSSR count). The number of fused-ring (bicyclic) bond motifs is 3. The third-order valence-corrected chi connectivity index (χ3v) is 3.14. The first-order valence-corrected chi connectivity index (χ1v) is 6.33. The molecule has 2 aromatic carbocycles. The van der Waals surface area contributed by atoms with Gasteiger partial charge in [0.25, 0.3) is 0 Å². The normalized spacial score (nSPS) is 11.0. The highest BCUT2D eigenvalue weighted by molar-refractivity contribution is 6.05. The van der Waals surface area contributed by atoms with Crippen LogP contribution in [0.3, 0.4) is 0 Å². The van der Waals surface area contributed by atoms with Crippen molar-refractivity contribution >= 4 is 27.7 Å². The quantitative estimate of drug-likeness (QED) is 0.707. The average Bonchev–Trinajstić information content (AvgIpc) is 2.82. The number of furan rings is 1. The van der Waals surface area contributed by atoms with Crippen molar-refractivity contribution in [3.8, 4) is 5.75 Å². The zero-order chi connectivity index (χ0) is 13.2. The third-order valence-electron chi connectivity index (χ3n) is 3.14. The molecule has 3 nitrogen and oxygen atoms in total. The molecule has 3 aromatic rings. The number of ether oxygens (including phenoxy) is 1. The number of hydrogen-bond acceptors (Lipinski definition) is 3. The maximum atomic E-state index is 11.3. The predicted molar refractivity (Wildman–Crippen MR) is 74.5 cm³/mol. The number of hydrogen-bond donors (Lipinski definition) is 0. The number of carbonyl (C=O) groups is 1. The minimum atomic E-state index is 0.0946. The zero-order valence-electron chi connectivity index (χ0n) is 10.7. The molecule has 0 saturated carbocycles. The smallest absolute Gasteiger partial charge is 0.169 e. The van der Waals surface area contributed by atoms with Crippen molar-refractivity contribution in [2.45, 2.75) is 13.3 Å². The molecular formula is C16H14O3. The summed E-state index contributed by atoms with van der Waals surface area (Å²) in [7, 11) is 0. The van der Waals surface area contributed by atoms with E-state index in [0.29, 0.717) is 12.2 Å². The first-order chi connectivity index (χ1) is 9.28. The lowest BCUT2D eigenvalue weighted by atomic mass is 10.1. The predicted octanol–water partition coefficient (Wildman–Crippen LogP) is 3.94. The number of benzene rings is 2. The van der Waals surface area contributed by atoms with Crippen molar-refractivity contribution < 1.29 is 13.9 Å². The van der Waals surface area contributed by atoms with Crippen molar-refractivity contribution in [1.82, 2.24) is 0 Å². The maximum Gasteiger partial charge on any atom is 0.169 e. The lowest BCUT2D eigenvalue weighted by molar-refractivity contribution is -0.120. The molecule has 0 aliphatic rings. The summed E-state index contributed by atoms with van der Waals surface area (Å²) in [6.07, 6.45) is 0.497. The van der Waals surface area contributed by atoms with Gasteiger partial charge in [0, 0.05) is 17.2 Å². The molecular weight excluding hydrogens is 240 g/mol. The van der Waals surface area contributed by atoms with Gasteiger partial charge in [-0.05, 0) is 24.3 Å². The van der Waals surface area contributed by atoms with Gasteiger partial charge in [0.2, 0.25) is 0 Å². The minimum Gasteiger partial charge on any atom is -0.486 e. The van der Waals surface area contributed by atoms with E-state index in [9.17, 15) is 4.79 Å². The van der Waals surface area contributed by atoms with Gasteiger partial charge >= 0.3 is 0 Å². The topological polar surface area (TPSA) is 39.4 Å². The average molecular weight is 254 g/mol. The Balaban J connectivity index is 1.99. The fourth-order valence-electron chi connectivity index (χ4n) is 2.06. The summed E-state index contributed by atoms with van der Waals surface area (Å²) in [5.41, 5.74) is 1.69. The molecule has 1 heterocycles. The molecule has 0 unspecified atom stereocenters. The van der Waals surface area contributed by atoms with Crippen molar-refractivity contribution in [1.29, 1.82) is 0 Å². The highest BCUT2D eigenvalue weighted by Gasteiger charge is 2.08. The van der Waals surface area contributed by atoms with E-state index in [1.54, 1.807) is 0 Å². The molecule has 0 spiro atoms. The van der Waals surface area contributed by atoms with Crippen LogP contribution in [0.25, 0.3) is 21.9 Å². The van der Waals surface area contributed by atoms with E-state index in [1.165, 1.54) is 0 Å². The summed E-state index contributed by atoms with van der Waals surface area (Å²) in [4.78, 5) is 11.3. The Bertz CT molecular complexity index is 740. The molecule has 1 aromatic heterocycles. The number of para-hydroxylation sites is 1. The molecule has 0 amide bonds. The van der Waals surface area contributed by atoms with Crippen LogP contribution in [0.1, 0.15) is 13.3 Å². The van der Waals surface area contributed by atoms with E-state index in [4.69, 9.17) is 9.15 Å². The van der Waals surface area contributed by atoms with Crippen LogP contribution in [0.15, 0.2) is 46.9 Å². The Hall–Kier alpha value is -2.29. The summed E-state index contributed by atoms with van der Waals surface area (Å²) in [5.74, 6) is 0.790. The summed E-state index contributed by atoms with van der Waals surface area (Å²) >= 11 is 0. The van der Waals surface area contributed by atoms with Gasteiger partial charge in [-0.15, -0.1) is 0 Å². The molecule has 0 bridgehead atoms. The van der Waals surface area contributed by atoms with Crippen LogP contribution in [0.2, 0.25) is 0 Å². The van der Waals surface area contributed by atoms with Gasteiger partial charge < -0.3 is 9.15 Å². The van der Waals surface area contributed by atoms with Crippen molar-refractivity contribution in [2.75, 3.05) is 6.61 Å². The highest BCUT2D eigenvalue weighted by atomic mass is 16.5. The largest absolute Gasteiger partial charge is 0.486 e. The van der Waals surface area contributed by atoms with Gasteiger partial charge in [0.15, 0.2) is 5.78 Å². The molecule has 96 valence electrons. The minimum absolute atomic E-state index is 0.0946. The van der Waals surface area contributed by atoms with Crippen LogP contribution < -0.4 is 4.74 Å². The van der Waals surface area contributed by atoms with E-state index >= 15 is 0 Å². The van der Waals surface area contributed by atoms with Gasteiger partial charge in [-0.2, -0.15) is 0 Å². The Morgan fingerprint density at radius 1 is 1.11 bits per heavy atom. The fourth-order valence-corrected chi connectivity index (χ4v) is 2.06. The van der Waals surface area contributed by atoms with Crippen LogP contribution in [-0.2, 0) is 4.79 Å². The van der Waals surface area contributed by atoms with Gasteiger partial charge in [-0.25, -0.2) is 0 Å². The van der Waals surface area contributed by atoms with Gasteiger partial charge in [-0.3, -0.25) is 4.79 Å². The van der Waals surface area contributed by atoms with E-state index in [2.05, 4.69) is 0 Å². The molecule has 3 heteroatoms. The number of Topliss-reactive ketones (excluding diaryl/α,β-unsaturated/α-hetero) is 1. The van der Waals surface area contributed by atoms with Crippen LogP contribution in [-0.4, -0.2) is 12.4 Å². The molecule has 0 aliphatic carbocycles. The van der Waals surface area contributed by atoms with E-state index in [-0.39, 0.29) is 12.4 Å². The number of carbonyl (C=O) groups excluding carboxylic acids is 1. The summed E-state index contributed by atoms with van der Waals surface area (Å²) in [6.45, 7) is 1.95. The summed E-state index contributed by atoms with van der Waals surface area (Å²) in [6, 6.07) is 13.5. The van der Waals surface area contributed by atoms with Crippen LogP contribution in [0.5, 0.6) is 5.75 Å². The monoisotopic (exact) mass is 254 g/mol. The molecule has 0 radical (unpaired) electrons. The fraction of sp³-hybridized carbons (Fsp3) is 0.188. The van der Waals surface area contributed by atoms with Gasteiger partial charge in [0.1, 0.15) is 23.5 Å². The van der Waals surface area contributed by atoms with Crippen LogP contribution >= 0.6 is 0 Å². The SMILES string of the molecule is CCC(=O)COc1ccc2oc3ccccc3c2c1. The summed E-state index contributed by atoms with van der Waals surface area (Å²) < 4.78 is 11.2. The van der Waals surface area contributed by atoms with Crippen LogP contribution in [0, 0.1) is 0 Å². The Kier molecular flexibility index (Phi) is 2.95. The highest BCUT2D eigenvalue weighted by Crippen LogP contribution is 2.31. The van der Waals surface area contributed by atoms with Gasteiger partial charge in [-0.1, -0.05) is 25.1 Å². The molecule has 0 fully saturated rings. The van der Waals surface area contributed by atoms with Crippen molar-refractivity contribution in [3.05, 3.63) is 42.5 Å². The molecule has 0 atom stereocenters. The summed E-state index contributed by atoms with van der Waals surface area (Å²) in [5, 5.41) is 2.07. The first kappa shape index (κ1) is 11.8. The second-order valence-electron chi connectivity index (χ2n) is 4.44. The Morgan fingerprint density at radius 2 is 1.89 bits per heavy atom. The van der Waals surface area contributed by atoms with Crippen molar-refractivity contribution in [3.63, 3.8) is 0 Å². The second kappa shape index (κ2) is 4.76. The second-order valence-corrected chi connectivity index (χ2v) is 4.44. The zero-order valence-corrected chi connectivity index (χ0v) is 10.7. The van der Waals surface area contributed by atoms with Gasteiger partial charge in [0.05, 0.1) is 0 Å². The lowest BCUT2D eigenvalue weighted by Gasteiger charge is -2.04. The Morgan fingerprint density at radius 3 is 2.74 bits per heavy atom. The van der Waals surface area contributed by atoms with E-state index < -0.39 is 0 Å². The Labute approximate surface area is 110 Å². The lowest BCUT2D eigenvalue weighted by Crippen LogP contribution is -2.09. The maximum absolute atomic E-state index is 11.3. The third kappa shape index (κ3) is 2.19. The van der Waals surface area contributed by atoms with E-state index in [0.717, 1.165) is 21.9 Å². The number of rotatable bonds is 4.